The van der Waals surface area contributed by atoms with Gasteiger partial charge in [-0.1, -0.05) is 6.92 Å². The lowest BCUT2D eigenvalue weighted by molar-refractivity contribution is 0.0994. The minimum absolute atomic E-state index is 0.205. The number of hydrogen-bond donors (Lipinski definition) is 2. The van der Waals surface area contributed by atoms with Crippen LogP contribution in [0.2, 0.25) is 0 Å². The molecule has 4 N–H and O–H groups in total. The molecule has 20 heavy (non-hydrogen) atoms. The molecule has 1 aliphatic carbocycles. The van der Waals surface area contributed by atoms with Gasteiger partial charge in [-0.3, -0.25) is 4.79 Å². The molecular formula is C14H23N5O. The highest BCUT2D eigenvalue weighted by Crippen LogP contribution is 2.25. The Morgan fingerprint density at radius 1 is 1.30 bits per heavy atom. The summed E-state index contributed by atoms with van der Waals surface area (Å²) in [6, 6.07) is 4.26. The van der Waals surface area contributed by atoms with Gasteiger partial charge in [-0.25, -0.2) is 0 Å². The fourth-order valence-electron chi connectivity index (χ4n) is 2.75. The Balaban J connectivity index is 2.13. The summed E-state index contributed by atoms with van der Waals surface area (Å²) < 4.78 is 0. The smallest absolute Gasteiger partial charge is 0.269 e. The molecule has 2 rings (SSSR count). The first-order chi connectivity index (χ1) is 9.61. The highest BCUT2D eigenvalue weighted by molar-refractivity contribution is 5.90. The number of aromatic nitrogens is 2. The first-order valence-corrected chi connectivity index (χ1v) is 7.27. The van der Waals surface area contributed by atoms with Gasteiger partial charge < -0.3 is 16.4 Å². The molecule has 1 aromatic rings. The molecule has 0 atom stereocenters. The molecule has 110 valence electrons. The van der Waals surface area contributed by atoms with Crippen LogP contribution in [0.5, 0.6) is 0 Å². The van der Waals surface area contributed by atoms with Gasteiger partial charge >= 0.3 is 0 Å². The second kappa shape index (κ2) is 6.65. The van der Waals surface area contributed by atoms with E-state index in [1.807, 2.05) is 6.07 Å². The van der Waals surface area contributed by atoms with E-state index in [0.29, 0.717) is 12.1 Å². The van der Waals surface area contributed by atoms with Crippen LogP contribution in [0.4, 0.5) is 5.82 Å². The zero-order valence-corrected chi connectivity index (χ0v) is 12.0. The summed E-state index contributed by atoms with van der Waals surface area (Å²) >= 11 is 0. The molecule has 0 radical (unpaired) electrons. The highest BCUT2D eigenvalue weighted by atomic mass is 16.1. The van der Waals surface area contributed by atoms with Gasteiger partial charge in [0.1, 0.15) is 0 Å². The molecule has 0 saturated heterocycles. The quantitative estimate of drug-likeness (QED) is 0.838. The average molecular weight is 277 g/mol. The number of nitrogens with two attached hydrogens (primary N) is 2. The van der Waals surface area contributed by atoms with Crippen molar-refractivity contribution < 1.29 is 4.79 Å². The lowest BCUT2D eigenvalue weighted by atomic mass is 9.90. The van der Waals surface area contributed by atoms with Gasteiger partial charge in [-0.05, 0) is 44.2 Å². The summed E-state index contributed by atoms with van der Waals surface area (Å²) in [5, 5.41) is 8.06. The first kappa shape index (κ1) is 14.7. The number of carbonyl (C=O) groups excluding carboxylic acids is 1. The van der Waals surface area contributed by atoms with E-state index < -0.39 is 5.91 Å². The molecule has 1 fully saturated rings. The third kappa shape index (κ3) is 3.45. The summed E-state index contributed by atoms with van der Waals surface area (Å²) in [4.78, 5) is 13.3. The number of primary amides is 1. The van der Waals surface area contributed by atoms with Gasteiger partial charge in [-0.15, -0.1) is 10.2 Å². The minimum Gasteiger partial charge on any atom is -0.364 e. The molecule has 1 saturated carbocycles. The minimum atomic E-state index is -0.547. The third-order valence-corrected chi connectivity index (χ3v) is 3.84. The Morgan fingerprint density at radius 3 is 2.50 bits per heavy atom. The van der Waals surface area contributed by atoms with Crippen LogP contribution in [0, 0.1) is 0 Å². The van der Waals surface area contributed by atoms with E-state index in [-0.39, 0.29) is 5.69 Å². The summed E-state index contributed by atoms with van der Waals surface area (Å²) in [6.07, 6.45) is 5.32. The molecule has 1 aliphatic rings. The molecule has 0 unspecified atom stereocenters. The Hall–Kier alpha value is -1.69. The Morgan fingerprint density at radius 2 is 2.00 bits per heavy atom. The molecule has 0 aromatic carbocycles. The lowest BCUT2D eigenvalue weighted by Gasteiger charge is -2.36. The summed E-state index contributed by atoms with van der Waals surface area (Å²) in [6.45, 7) is 3.08. The standard InChI is InChI=1S/C14H23N5O/c1-2-9-19(11-5-3-10(15)4-6-11)13-8-7-12(14(16)20)17-18-13/h7-8,10-11H,2-6,9,15H2,1H3,(H2,16,20). The number of rotatable bonds is 5. The van der Waals surface area contributed by atoms with E-state index in [0.717, 1.165) is 44.5 Å². The number of anilines is 1. The van der Waals surface area contributed by atoms with Gasteiger partial charge in [0.05, 0.1) is 0 Å². The van der Waals surface area contributed by atoms with Crippen LogP contribution in [-0.2, 0) is 0 Å². The van der Waals surface area contributed by atoms with E-state index >= 15 is 0 Å². The number of carbonyl (C=O) groups is 1. The Kier molecular flexibility index (Phi) is 4.89. The van der Waals surface area contributed by atoms with Crippen LogP contribution in [0.3, 0.4) is 0 Å². The maximum atomic E-state index is 11.0. The highest BCUT2D eigenvalue weighted by Gasteiger charge is 2.25. The molecule has 6 nitrogen and oxygen atoms in total. The van der Waals surface area contributed by atoms with Crippen molar-refractivity contribution in [2.24, 2.45) is 11.5 Å². The van der Waals surface area contributed by atoms with Crippen molar-refractivity contribution in [3.8, 4) is 0 Å². The van der Waals surface area contributed by atoms with Crippen LogP contribution < -0.4 is 16.4 Å². The van der Waals surface area contributed by atoms with Gasteiger partial charge in [0.2, 0.25) is 0 Å². The lowest BCUT2D eigenvalue weighted by Crippen LogP contribution is -2.42. The zero-order chi connectivity index (χ0) is 14.5. The van der Waals surface area contributed by atoms with Crippen molar-refractivity contribution in [3.63, 3.8) is 0 Å². The van der Waals surface area contributed by atoms with Crippen LogP contribution >= 0.6 is 0 Å². The predicted octanol–water partition coefficient (Wildman–Crippen LogP) is 1.06. The maximum absolute atomic E-state index is 11.0. The van der Waals surface area contributed by atoms with Gasteiger partial charge in [0.25, 0.3) is 5.91 Å². The Labute approximate surface area is 119 Å². The molecule has 0 bridgehead atoms. The van der Waals surface area contributed by atoms with Crippen molar-refractivity contribution in [1.82, 2.24) is 10.2 Å². The molecule has 1 aromatic heterocycles. The predicted molar refractivity (Wildman–Crippen MR) is 78.4 cm³/mol. The monoisotopic (exact) mass is 277 g/mol. The largest absolute Gasteiger partial charge is 0.364 e. The van der Waals surface area contributed by atoms with Crippen molar-refractivity contribution >= 4 is 11.7 Å². The van der Waals surface area contributed by atoms with Crippen molar-refractivity contribution in [2.75, 3.05) is 11.4 Å². The van der Waals surface area contributed by atoms with Gasteiger partial charge in [0.15, 0.2) is 11.5 Å². The van der Waals surface area contributed by atoms with Crippen molar-refractivity contribution in [2.45, 2.75) is 51.1 Å². The molecule has 0 aliphatic heterocycles. The third-order valence-electron chi connectivity index (χ3n) is 3.84. The molecule has 1 heterocycles. The zero-order valence-electron chi connectivity index (χ0n) is 12.0. The number of hydrogen-bond acceptors (Lipinski definition) is 5. The average Bonchev–Trinajstić information content (AvgIpc) is 2.46. The second-order valence-electron chi connectivity index (χ2n) is 5.40. The number of amides is 1. The Bertz CT molecular complexity index is 439. The van der Waals surface area contributed by atoms with Gasteiger partial charge in [-0.2, -0.15) is 0 Å². The number of nitrogens with zero attached hydrogens (tertiary/aromatic N) is 3. The molecule has 1 amide bonds. The molecule has 6 heteroatoms. The van der Waals surface area contributed by atoms with E-state index in [2.05, 4.69) is 22.0 Å². The molecular weight excluding hydrogens is 254 g/mol. The van der Waals surface area contributed by atoms with Crippen LogP contribution in [0.25, 0.3) is 0 Å². The topological polar surface area (TPSA) is 98.1 Å². The summed E-state index contributed by atoms with van der Waals surface area (Å²) in [7, 11) is 0. The van der Waals surface area contributed by atoms with E-state index in [4.69, 9.17) is 11.5 Å². The molecule has 0 spiro atoms. The van der Waals surface area contributed by atoms with Crippen LogP contribution in [0.15, 0.2) is 12.1 Å². The second-order valence-corrected chi connectivity index (χ2v) is 5.40. The summed E-state index contributed by atoms with van der Waals surface area (Å²) in [5.41, 5.74) is 11.4. The van der Waals surface area contributed by atoms with E-state index in [1.54, 1.807) is 6.07 Å². The van der Waals surface area contributed by atoms with Crippen LogP contribution in [0.1, 0.15) is 49.5 Å². The van der Waals surface area contributed by atoms with Crippen LogP contribution in [-0.4, -0.2) is 34.7 Å². The first-order valence-electron chi connectivity index (χ1n) is 7.27. The fourth-order valence-corrected chi connectivity index (χ4v) is 2.75. The van der Waals surface area contributed by atoms with Crippen molar-refractivity contribution in [3.05, 3.63) is 17.8 Å². The van der Waals surface area contributed by atoms with Gasteiger partial charge in [0, 0.05) is 18.6 Å². The normalized spacial score (nSPS) is 22.5. The fraction of sp³-hybridized carbons (Fsp3) is 0.643. The van der Waals surface area contributed by atoms with Crippen molar-refractivity contribution in [1.29, 1.82) is 0 Å². The van der Waals surface area contributed by atoms with E-state index in [1.165, 1.54) is 0 Å². The maximum Gasteiger partial charge on any atom is 0.269 e. The van der Waals surface area contributed by atoms with E-state index in [9.17, 15) is 4.79 Å². The SMILES string of the molecule is CCCN(c1ccc(C(N)=O)nn1)C1CCC(N)CC1. The summed E-state index contributed by atoms with van der Waals surface area (Å²) in [5.74, 6) is 0.270.